The van der Waals surface area contributed by atoms with Gasteiger partial charge in [0.25, 0.3) is 0 Å². The van der Waals surface area contributed by atoms with E-state index in [1.807, 2.05) is 25.1 Å². The molecular weight excluding hydrogens is 575 g/mol. The molecule has 1 aliphatic rings. The molecule has 1 aliphatic heterocycles. The zero-order valence-corrected chi connectivity index (χ0v) is 25.1. The molecule has 1 unspecified atom stereocenters. The van der Waals surface area contributed by atoms with Gasteiger partial charge in [0.1, 0.15) is 11.3 Å². The third kappa shape index (κ3) is 6.88. The number of hydrogen-bond acceptors (Lipinski definition) is 4. The zero-order valence-electron chi connectivity index (χ0n) is 22.5. The first-order valence-electron chi connectivity index (χ1n) is 13.1. The summed E-state index contributed by atoms with van der Waals surface area (Å²) < 4.78 is 56.0. The lowest BCUT2D eigenvalue weighted by Crippen LogP contribution is -2.43. The highest BCUT2D eigenvalue weighted by Crippen LogP contribution is 2.40. The predicted molar refractivity (Wildman–Crippen MR) is 151 cm³/mol. The lowest BCUT2D eigenvalue weighted by atomic mass is 9.74. The quantitative estimate of drug-likeness (QED) is 0.190. The average molecular weight is 613 g/mol. The van der Waals surface area contributed by atoms with Crippen molar-refractivity contribution in [2.24, 2.45) is 0 Å². The fraction of sp³-hybridized carbons (Fsp3) is 0.536. The molecule has 1 aromatic heterocycles. The molecule has 209 valence electrons. The van der Waals surface area contributed by atoms with Gasteiger partial charge in [-0.3, -0.25) is 0 Å². The number of rotatable bonds is 10. The van der Waals surface area contributed by atoms with Gasteiger partial charge in [0, 0.05) is 23.0 Å². The molecule has 1 saturated heterocycles. The summed E-state index contributed by atoms with van der Waals surface area (Å²) in [5.74, 6) is 0. The molecule has 1 atom stereocenters. The Morgan fingerprint density at radius 2 is 1.82 bits per heavy atom. The number of halogens is 4. The van der Waals surface area contributed by atoms with Crippen LogP contribution in [0, 0.1) is 0 Å². The third-order valence-electron chi connectivity index (χ3n) is 7.34. The van der Waals surface area contributed by atoms with Crippen LogP contribution in [0.15, 0.2) is 47.1 Å². The van der Waals surface area contributed by atoms with E-state index < -0.39 is 25.9 Å². The molecule has 4 rings (SSSR count). The summed E-state index contributed by atoms with van der Waals surface area (Å²) in [5.41, 5.74) is 1.21. The molecule has 0 saturated carbocycles. The fourth-order valence-electron chi connectivity index (χ4n) is 4.91. The van der Waals surface area contributed by atoms with Crippen molar-refractivity contribution in [1.82, 2.24) is 15.1 Å². The Bertz CT molecular complexity index is 1220. The van der Waals surface area contributed by atoms with Crippen LogP contribution in [0.5, 0.6) is 0 Å². The van der Waals surface area contributed by atoms with Crippen molar-refractivity contribution in [3.8, 4) is 0 Å². The number of nitrogens with one attached hydrogen (secondary N) is 1. The van der Waals surface area contributed by atoms with E-state index >= 15 is 0 Å². The maximum Gasteiger partial charge on any atom is 0.416 e. The van der Waals surface area contributed by atoms with Crippen LogP contribution in [0.1, 0.15) is 42.6 Å². The number of piperidine rings is 1. The molecule has 0 bridgehead atoms. The van der Waals surface area contributed by atoms with Gasteiger partial charge in [-0.1, -0.05) is 30.3 Å². The predicted octanol–water partition coefficient (Wildman–Crippen LogP) is 7.53. The molecule has 5 nitrogen and oxygen atoms in total. The lowest BCUT2D eigenvalue weighted by molar-refractivity contribution is -0.137. The van der Waals surface area contributed by atoms with E-state index in [0.29, 0.717) is 34.3 Å². The number of ether oxygens (including phenoxy) is 2. The van der Waals surface area contributed by atoms with Gasteiger partial charge in [0.05, 0.1) is 23.8 Å². The number of aromatic nitrogens is 2. The molecule has 1 fully saturated rings. The summed E-state index contributed by atoms with van der Waals surface area (Å²) in [4.78, 5) is 0. The van der Waals surface area contributed by atoms with Crippen molar-refractivity contribution in [2.45, 2.75) is 69.9 Å². The Labute approximate surface area is 232 Å². The topological polar surface area (TPSA) is 48.3 Å². The Kier molecular flexibility index (Phi) is 9.08. The molecule has 0 amide bonds. The number of hydrogen-bond donors (Lipinski definition) is 1. The first-order valence-corrected chi connectivity index (χ1v) is 17.6. The Morgan fingerprint density at radius 1 is 1.13 bits per heavy atom. The van der Waals surface area contributed by atoms with E-state index in [-0.39, 0.29) is 12.1 Å². The van der Waals surface area contributed by atoms with Crippen LogP contribution in [0.3, 0.4) is 0 Å². The van der Waals surface area contributed by atoms with Crippen molar-refractivity contribution in [3.63, 3.8) is 0 Å². The average Bonchev–Trinajstić information content (AvgIpc) is 3.20. The highest BCUT2D eigenvalue weighted by Gasteiger charge is 2.36. The Hall–Kier alpha value is -1.72. The molecule has 1 N–H and O–H groups in total. The smallest absolute Gasteiger partial charge is 0.373 e. The summed E-state index contributed by atoms with van der Waals surface area (Å²) >= 11 is 3.48. The normalized spacial score (nSPS) is 17.2. The molecule has 2 heterocycles. The molecule has 0 aliphatic carbocycles. The summed E-state index contributed by atoms with van der Waals surface area (Å²) in [6.07, 6.45) is -3.27. The van der Waals surface area contributed by atoms with Gasteiger partial charge < -0.3 is 14.8 Å². The molecule has 2 aromatic carbocycles. The molecule has 0 radical (unpaired) electrons. The minimum absolute atomic E-state index is 0.167. The van der Waals surface area contributed by atoms with Crippen LogP contribution in [0.4, 0.5) is 13.2 Å². The van der Waals surface area contributed by atoms with Gasteiger partial charge in [-0.15, -0.1) is 14.1 Å². The summed E-state index contributed by atoms with van der Waals surface area (Å²) in [6, 6.07) is 13.6. The summed E-state index contributed by atoms with van der Waals surface area (Å²) in [6.45, 7) is 11.5. The Balaban J connectivity index is 1.62. The molecule has 38 heavy (non-hydrogen) atoms. The second-order valence-electron chi connectivity index (χ2n) is 11.4. The monoisotopic (exact) mass is 611 g/mol. The standard InChI is InChI=1S/C28H37BrF3N3O2Si/c1-20(37-18-27(10-12-33-13-11-27)21-8-6-5-7-9-21)23-16-22(28(30,31)32)17-24-25(23)34-35(26(24)29)19-36-14-15-38(2,3)4/h5-9,16-17,20,33H,10-15,18-19H2,1-4H3/q-1. The van der Waals surface area contributed by atoms with Gasteiger partial charge in [0.15, 0.2) is 0 Å². The molecule has 0 spiro atoms. The third-order valence-corrected chi connectivity index (χ3v) is 9.88. The second kappa shape index (κ2) is 11.8. The SMILES string of the molecule is CC(OCC1(c2ccccc2)CCNCC1)c1cc(C(F)(F)F)cc2c(Br)n(COCC[Si-](C)(C)C)nc12. The van der Waals surface area contributed by atoms with Crippen molar-refractivity contribution in [2.75, 3.05) is 26.3 Å². The number of alkyl halides is 3. The maximum atomic E-state index is 13.9. The largest absolute Gasteiger partial charge is 0.416 e. The first-order chi connectivity index (χ1) is 17.9. The highest BCUT2D eigenvalue weighted by atomic mass is 79.9. The molecule has 3 aromatic rings. The molecule has 10 heteroatoms. The van der Waals surface area contributed by atoms with E-state index in [1.54, 1.807) is 4.68 Å². The van der Waals surface area contributed by atoms with Gasteiger partial charge in [-0.25, -0.2) is 4.68 Å². The minimum atomic E-state index is -4.49. The number of fused-ring (bicyclic) bond motifs is 1. The minimum Gasteiger partial charge on any atom is -0.373 e. The van der Waals surface area contributed by atoms with Gasteiger partial charge in [-0.05, 0) is 66.5 Å². The van der Waals surface area contributed by atoms with Crippen molar-refractivity contribution in [1.29, 1.82) is 0 Å². The van der Waals surface area contributed by atoms with Crippen LogP contribution in [-0.2, 0) is 27.8 Å². The van der Waals surface area contributed by atoms with Gasteiger partial charge in [0.2, 0.25) is 0 Å². The van der Waals surface area contributed by atoms with Crippen LogP contribution >= 0.6 is 15.9 Å². The number of nitrogens with zero attached hydrogens (tertiary/aromatic N) is 2. The Morgan fingerprint density at radius 3 is 2.45 bits per heavy atom. The van der Waals surface area contributed by atoms with E-state index in [2.05, 4.69) is 58.1 Å². The van der Waals surface area contributed by atoms with Crippen LogP contribution in [0.25, 0.3) is 10.9 Å². The lowest BCUT2D eigenvalue weighted by Gasteiger charge is -2.38. The van der Waals surface area contributed by atoms with Crippen molar-refractivity contribution < 1.29 is 22.6 Å². The van der Waals surface area contributed by atoms with Crippen molar-refractivity contribution in [3.05, 3.63) is 63.8 Å². The van der Waals surface area contributed by atoms with Crippen molar-refractivity contribution >= 4 is 34.9 Å². The highest BCUT2D eigenvalue weighted by molar-refractivity contribution is 9.10. The summed E-state index contributed by atoms with van der Waals surface area (Å²) in [5, 5.41) is 8.47. The van der Waals surface area contributed by atoms with Crippen LogP contribution in [-0.4, -0.2) is 44.2 Å². The maximum absolute atomic E-state index is 13.9. The van der Waals surface area contributed by atoms with E-state index in [9.17, 15) is 13.2 Å². The zero-order chi connectivity index (χ0) is 27.6. The first kappa shape index (κ1) is 29.3. The van der Waals surface area contributed by atoms with Crippen LogP contribution < -0.4 is 5.32 Å². The number of benzene rings is 2. The second-order valence-corrected chi connectivity index (χ2v) is 17.8. The van der Waals surface area contributed by atoms with Gasteiger partial charge >= 0.3 is 6.18 Å². The van der Waals surface area contributed by atoms with E-state index in [4.69, 9.17) is 9.47 Å². The summed E-state index contributed by atoms with van der Waals surface area (Å²) in [7, 11) is -1.26. The van der Waals surface area contributed by atoms with Crippen LogP contribution in [0.2, 0.25) is 25.7 Å². The van der Waals surface area contributed by atoms with E-state index in [0.717, 1.165) is 38.0 Å². The van der Waals surface area contributed by atoms with Gasteiger partial charge in [-0.2, -0.15) is 37.9 Å². The fourth-order valence-corrected chi connectivity index (χ4v) is 6.15. The molecular formula is C28H37BrF3N3O2Si-. The van der Waals surface area contributed by atoms with E-state index in [1.165, 1.54) is 11.6 Å².